The van der Waals surface area contributed by atoms with Crippen molar-refractivity contribution in [2.45, 2.75) is 66.2 Å². The van der Waals surface area contributed by atoms with E-state index in [4.69, 9.17) is 16.7 Å². The lowest BCUT2D eigenvalue weighted by Crippen LogP contribution is -2.68. The molecule has 0 aromatic carbocycles. The summed E-state index contributed by atoms with van der Waals surface area (Å²) in [7, 11) is -4.40. The molecule has 2 aliphatic heterocycles. The van der Waals surface area contributed by atoms with Gasteiger partial charge in [0.25, 0.3) is 0 Å². The van der Waals surface area contributed by atoms with Crippen LogP contribution in [0.1, 0.15) is 66.2 Å². The molecule has 2 heterocycles. The van der Waals surface area contributed by atoms with Crippen LogP contribution in [0.15, 0.2) is 0 Å². The summed E-state index contributed by atoms with van der Waals surface area (Å²) >= 11 is 0. The molecule has 0 bridgehead atoms. The molecule has 2 aliphatic rings. The van der Waals surface area contributed by atoms with Crippen LogP contribution in [-0.4, -0.2) is 61.2 Å². The molecule has 7 heteroatoms. The molecule has 152 valence electrons. The van der Waals surface area contributed by atoms with Crippen molar-refractivity contribution in [2.75, 3.05) is 52.6 Å². The quantitative estimate of drug-likeness (QED) is 0.557. The largest absolute Gasteiger partial charge is 0.273 e. The van der Waals surface area contributed by atoms with Gasteiger partial charge in [-0.3, -0.25) is 16.7 Å². The van der Waals surface area contributed by atoms with Crippen LogP contribution in [-0.2, 0) is 16.7 Å². The van der Waals surface area contributed by atoms with Gasteiger partial charge in [-0.15, -0.1) is 0 Å². The van der Waals surface area contributed by atoms with Crippen LogP contribution < -0.4 is 0 Å². The molecule has 25 heavy (non-hydrogen) atoms. The van der Waals surface area contributed by atoms with Crippen LogP contribution >= 0.6 is 9.79 Å². The van der Waals surface area contributed by atoms with Crippen LogP contribution in [0.4, 0.5) is 0 Å². The van der Waals surface area contributed by atoms with Crippen molar-refractivity contribution in [3.63, 3.8) is 0 Å². The molecule has 2 rings (SSSR count). The van der Waals surface area contributed by atoms with Gasteiger partial charge in [0.05, 0.1) is 26.4 Å². The predicted octanol–water partition coefficient (Wildman–Crippen LogP) is 4.47. The summed E-state index contributed by atoms with van der Waals surface area (Å²) in [4.78, 5) is 0. The Bertz CT molecular complexity index is 360. The van der Waals surface area contributed by atoms with Gasteiger partial charge in [0.15, 0.2) is 0 Å². The first-order valence-corrected chi connectivity index (χ1v) is 12.3. The first-order valence-electron chi connectivity index (χ1n) is 10.3. The van der Waals surface area contributed by atoms with Crippen molar-refractivity contribution in [1.29, 1.82) is 0 Å². The number of hydrogen-bond donors (Lipinski definition) is 0. The molecular formula is C18H40N2O4S. The zero-order valence-electron chi connectivity index (χ0n) is 16.8. The highest BCUT2D eigenvalue weighted by Gasteiger charge is 2.72. The van der Waals surface area contributed by atoms with E-state index in [1.54, 1.807) is 0 Å². The van der Waals surface area contributed by atoms with E-state index in [0.717, 1.165) is 51.9 Å². The normalized spacial score (nSPS) is 24.0. The number of nitrogens with zero attached hydrogens (tertiary/aromatic N) is 2. The maximum Gasteiger partial charge on any atom is 0.133 e. The highest BCUT2D eigenvalue weighted by atomic mass is 32.4. The number of hydrogen-bond acceptors (Lipinski definition) is 6. The van der Waals surface area contributed by atoms with Crippen LogP contribution in [0.5, 0.6) is 0 Å². The minimum Gasteiger partial charge on any atom is -0.273 e. The molecule has 2 fully saturated rings. The molecule has 0 aliphatic carbocycles. The van der Waals surface area contributed by atoms with Crippen LogP contribution in [0.25, 0.3) is 0 Å². The molecule has 0 amide bonds. The summed E-state index contributed by atoms with van der Waals surface area (Å²) in [5.74, 6) is 0. The maximum atomic E-state index is 6.71. The number of rotatable bonds is 10. The Labute approximate surface area is 154 Å². The standard InChI is InChI=1S/C18H40N2O4S/c1-5-21-25(22-6-2,23-7-3,24-8-4,19-15-11-9-12-16-19)20-17-13-10-14-18-20/h5-18H2,1-4H3. The molecule has 0 unspecified atom stereocenters. The average molecular weight is 381 g/mol. The molecule has 0 aromatic heterocycles. The summed E-state index contributed by atoms with van der Waals surface area (Å²) < 4.78 is 31.5. The van der Waals surface area contributed by atoms with Crippen LogP contribution in [0, 0.1) is 0 Å². The van der Waals surface area contributed by atoms with Crippen LogP contribution in [0.3, 0.4) is 0 Å². The van der Waals surface area contributed by atoms with E-state index in [1.165, 1.54) is 12.8 Å². The van der Waals surface area contributed by atoms with Crippen molar-refractivity contribution in [1.82, 2.24) is 8.61 Å². The summed E-state index contributed by atoms with van der Waals surface area (Å²) in [5, 5.41) is 0. The van der Waals surface area contributed by atoms with E-state index in [1.807, 2.05) is 27.7 Å². The predicted molar refractivity (Wildman–Crippen MR) is 105 cm³/mol. The van der Waals surface area contributed by atoms with Gasteiger partial charge in [-0.25, -0.2) is 0 Å². The third-order valence-electron chi connectivity index (χ3n) is 5.17. The van der Waals surface area contributed by atoms with Gasteiger partial charge < -0.3 is 0 Å². The van der Waals surface area contributed by atoms with E-state index in [-0.39, 0.29) is 0 Å². The molecule has 0 aromatic rings. The Morgan fingerprint density at radius 3 is 1.04 bits per heavy atom. The molecule has 2 saturated heterocycles. The molecule has 0 saturated carbocycles. The second kappa shape index (κ2) is 8.42. The summed E-state index contributed by atoms with van der Waals surface area (Å²) in [6.45, 7) is 13.6. The fraction of sp³-hybridized carbons (Fsp3) is 1.00. The SMILES string of the molecule is CCOS(OCC)(OCC)(OCC)(N1CCCCC1)N1CCCCC1. The average Bonchev–Trinajstić information content (AvgIpc) is 2.65. The van der Waals surface area contributed by atoms with Crippen molar-refractivity contribution in [3.8, 4) is 0 Å². The Morgan fingerprint density at radius 1 is 0.520 bits per heavy atom. The second-order valence-electron chi connectivity index (χ2n) is 6.69. The molecule has 0 N–H and O–H groups in total. The fourth-order valence-corrected chi connectivity index (χ4v) is 10.4. The number of piperidine rings is 2. The van der Waals surface area contributed by atoms with E-state index in [2.05, 4.69) is 8.61 Å². The fourth-order valence-electron chi connectivity index (χ4n) is 4.45. The third kappa shape index (κ3) is 3.26. The lowest BCUT2D eigenvalue weighted by Gasteiger charge is -2.83. The van der Waals surface area contributed by atoms with Gasteiger partial charge in [-0.1, -0.05) is 12.8 Å². The third-order valence-corrected chi connectivity index (χ3v) is 11.0. The lowest BCUT2D eigenvalue weighted by atomic mass is 10.2. The van der Waals surface area contributed by atoms with Gasteiger partial charge in [0.1, 0.15) is 9.79 Å². The van der Waals surface area contributed by atoms with Crippen molar-refractivity contribution in [2.24, 2.45) is 0 Å². The highest BCUT2D eigenvalue weighted by molar-refractivity contribution is 8.47. The van der Waals surface area contributed by atoms with Gasteiger partial charge in [-0.2, -0.15) is 8.61 Å². The molecule has 0 spiro atoms. The summed E-state index contributed by atoms with van der Waals surface area (Å²) in [5.41, 5.74) is 0. The van der Waals surface area contributed by atoms with Gasteiger partial charge >= 0.3 is 0 Å². The second-order valence-corrected chi connectivity index (χ2v) is 10.8. The van der Waals surface area contributed by atoms with E-state index in [9.17, 15) is 0 Å². The lowest BCUT2D eigenvalue weighted by molar-refractivity contribution is -0.0420. The molecule has 0 radical (unpaired) electrons. The molecular weight excluding hydrogens is 340 g/mol. The minimum atomic E-state index is -4.40. The Balaban J connectivity index is 2.71. The Kier molecular flexibility index (Phi) is 7.21. The van der Waals surface area contributed by atoms with Gasteiger partial charge in [-0.05, 0) is 53.4 Å². The monoisotopic (exact) mass is 380 g/mol. The maximum absolute atomic E-state index is 6.71. The smallest absolute Gasteiger partial charge is 0.133 e. The van der Waals surface area contributed by atoms with Gasteiger partial charge in [0.2, 0.25) is 0 Å². The summed E-state index contributed by atoms with van der Waals surface area (Å²) in [6, 6.07) is 0. The van der Waals surface area contributed by atoms with Crippen LogP contribution in [0.2, 0.25) is 0 Å². The van der Waals surface area contributed by atoms with E-state index in [0.29, 0.717) is 26.4 Å². The molecule has 0 atom stereocenters. The first kappa shape index (κ1) is 21.4. The zero-order valence-corrected chi connectivity index (χ0v) is 17.7. The topological polar surface area (TPSA) is 43.4 Å². The van der Waals surface area contributed by atoms with Crippen molar-refractivity contribution in [3.05, 3.63) is 0 Å². The zero-order chi connectivity index (χ0) is 18.3. The highest BCUT2D eigenvalue weighted by Crippen LogP contribution is 2.96. The molecule has 6 nitrogen and oxygen atoms in total. The van der Waals surface area contributed by atoms with Gasteiger partial charge in [0, 0.05) is 26.2 Å². The van der Waals surface area contributed by atoms with E-state index < -0.39 is 9.79 Å². The van der Waals surface area contributed by atoms with E-state index >= 15 is 0 Å². The van der Waals surface area contributed by atoms with Crippen molar-refractivity contribution < 1.29 is 16.7 Å². The van der Waals surface area contributed by atoms with Crippen molar-refractivity contribution >= 4 is 9.79 Å². The Hall–Kier alpha value is 0.110. The summed E-state index contributed by atoms with van der Waals surface area (Å²) in [6.07, 6.45) is 6.95. The minimum absolute atomic E-state index is 0.495. The Morgan fingerprint density at radius 2 is 0.800 bits per heavy atom. The first-order chi connectivity index (χ1) is 12.1.